The third-order valence-corrected chi connectivity index (χ3v) is 6.87. The van der Waals surface area contributed by atoms with Crippen molar-refractivity contribution in [2.45, 2.75) is 51.0 Å². The Morgan fingerprint density at radius 2 is 1.88 bits per heavy atom. The molecule has 1 atom stereocenters. The van der Waals surface area contributed by atoms with Gasteiger partial charge in [0.1, 0.15) is 5.75 Å². The number of phenols is 1. The number of benzene rings is 2. The SMILES string of the molecule is O=C(c1nn(-c2ccccc2)c2c1CC(NCCc1cccc(O)c1)CC2)N1CCCCC1. The van der Waals surface area contributed by atoms with Crippen molar-refractivity contribution >= 4 is 5.91 Å². The molecule has 172 valence electrons. The summed E-state index contributed by atoms with van der Waals surface area (Å²) < 4.78 is 2.00. The average Bonchev–Trinajstić information content (AvgIpc) is 3.24. The van der Waals surface area contributed by atoms with Crippen LogP contribution in [-0.2, 0) is 19.3 Å². The minimum absolute atomic E-state index is 0.0843. The van der Waals surface area contributed by atoms with E-state index in [9.17, 15) is 9.90 Å². The summed E-state index contributed by atoms with van der Waals surface area (Å²) in [5.74, 6) is 0.394. The molecule has 2 N–H and O–H groups in total. The van der Waals surface area contributed by atoms with Crippen LogP contribution in [0.25, 0.3) is 5.69 Å². The molecule has 3 aromatic rings. The predicted octanol–water partition coefficient (Wildman–Crippen LogP) is 3.89. The van der Waals surface area contributed by atoms with E-state index in [0.29, 0.717) is 17.5 Å². The van der Waals surface area contributed by atoms with E-state index in [2.05, 4.69) is 17.4 Å². The summed E-state index contributed by atoms with van der Waals surface area (Å²) in [5.41, 5.74) is 5.05. The van der Waals surface area contributed by atoms with Gasteiger partial charge < -0.3 is 15.3 Å². The van der Waals surface area contributed by atoms with Crippen LogP contribution in [0, 0.1) is 0 Å². The molecule has 0 radical (unpaired) electrons. The molecule has 1 fully saturated rings. The second-order valence-corrected chi connectivity index (χ2v) is 9.19. The molecule has 5 rings (SSSR count). The third-order valence-electron chi connectivity index (χ3n) is 6.87. The van der Waals surface area contributed by atoms with Crippen molar-refractivity contribution in [2.24, 2.45) is 0 Å². The second-order valence-electron chi connectivity index (χ2n) is 9.19. The van der Waals surface area contributed by atoms with Crippen LogP contribution < -0.4 is 5.32 Å². The first-order valence-electron chi connectivity index (χ1n) is 12.2. The topological polar surface area (TPSA) is 70.4 Å². The number of hydrogen-bond donors (Lipinski definition) is 2. The molecule has 0 spiro atoms. The number of carbonyl (C=O) groups excluding carboxylic acids is 1. The summed E-state index contributed by atoms with van der Waals surface area (Å²) in [6.07, 6.45) is 6.94. The van der Waals surface area contributed by atoms with Crippen LogP contribution in [-0.4, -0.2) is 51.4 Å². The van der Waals surface area contributed by atoms with Gasteiger partial charge in [0.2, 0.25) is 0 Å². The van der Waals surface area contributed by atoms with E-state index in [1.807, 2.05) is 46.0 Å². The fourth-order valence-corrected chi connectivity index (χ4v) is 5.12. The van der Waals surface area contributed by atoms with Gasteiger partial charge in [-0.1, -0.05) is 30.3 Å². The molecule has 6 heteroatoms. The number of carbonyl (C=O) groups is 1. The summed E-state index contributed by atoms with van der Waals surface area (Å²) in [6, 6.07) is 17.9. The summed E-state index contributed by atoms with van der Waals surface area (Å²) in [4.78, 5) is 15.4. The Morgan fingerprint density at radius 3 is 2.67 bits per heavy atom. The number of amides is 1. The van der Waals surface area contributed by atoms with E-state index in [0.717, 1.165) is 75.0 Å². The quantitative estimate of drug-likeness (QED) is 0.605. The Labute approximate surface area is 195 Å². The fourth-order valence-electron chi connectivity index (χ4n) is 5.12. The number of aromatic hydroxyl groups is 1. The summed E-state index contributed by atoms with van der Waals surface area (Å²) in [7, 11) is 0. The minimum atomic E-state index is 0.0843. The van der Waals surface area contributed by atoms with Gasteiger partial charge in [-0.2, -0.15) is 5.10 Å². The van der Waals surface area contributed by atoms with Gasteiger partial charge in [0.25, 0.3) is 5.91 Å². The Morgan fingerprint density at radius 1 is 1.06 bits per heavy atom. The number of para-hydroxylation sites is 1. The molecule has 2 aliphatic rings. The molecule has 1 aliphatic carbocycles. The predicted molar refractivity (Wildman–Crippen MR) is 129 cm³/mol. The zero-order valence-electron chi connectivity index (χ0n) is 19.0. The van der Waals surface area contributed by atoms with E-state index in [1.165, 1.54) is 12.1 Å². The summed E-state index contributed by atoms with van der Waals surface area (Å²) in [6.45, 7) is 2.50. The minimum Gasteiger partial charge on any atom is -0.508 e. The van der Waals surface area contributed by atoms with Crippen LogP contribution in [0.4, 0.5) is 0 Å². The second kappa shape index (κ2) is 9.79. The van der Waals surface area contributed by atoms with Crippen molar-refractivity contribution in [3.8, 4) is 11.4 Å². The first kappa shape index (κ1) is 21.7. The first-order valence-corrected chi connectivity index (χ1v) is 12.2. The number of hydrogen-bond acceptors (Lipinski definition) is 4. The molecule has 1 aliphatic heterocycles. The van der Waals surface area contributed by atoms with Crippen LogP contribution in [0.3, 0.4) is 0 Å². The Kier molecular flexibility index (Phi) is 6.44. The first-order chi connectivity index (χ1) is 16.2. The molecule has 0 saturated carbocycles. The van der Waals surface area contributed by atoms with Crippen molar-refractivity contribution in [2.75, 3.05) is 19.6 Å². The maximum Gasteiger partial charge on any atom is 0.274 e. The fraction of sp³-hybridized carbons (Fsp3) is 0.407. The highest BCUT2D eigenvalue weighted by Gasteiger charge is 2.31. The van der Waals surface area contributed by atoms with Crippen molar-refractivity contribution < 1.29 is 9.90 Å². The zero-order valence-corrected chi connectivity index (χ0v) is 19.0. The number of phenolic OH excluding ortho intramolecular Hbond substituents is 1. The Bertz CT molecular complexity index is 1100. The maximum atomic E-state index is 13.5. The van der Waals surface area contributed by atoms with Crippen LogP contribution in [0.5, 0.6) is 5.75 Å². The van der Waals surface area contributed by atoms with Crippen LogP contribution in [0.15, 0.2) is 54.6 Å². The van der Waals surface area contributed by atoms with Gasteiger partial charge in [-0.15, -0.1) is 0 Å². The van der Waals surface area contributed by atoms with Gasteiger partial charge in [0, 0.05) is 30.4 Å². The lowest BCUT2D eigenvalue weighted by atomic mass is 9.90. The van der Waals surface area contributed by atoms with Gasteiger partial charge in [-0.05, 0) is 81.3 Å². The molecule has 1 saturated heterocycles. The molecule has 1 aromatic heterocycles. The Hall–Kier alpha value is -3.12. The molecule has 1 amide bonds. The maximum absolute atomic E-state index is 13.5. The van der Waals surface area contributed by atoms with Gasteiger partial charge in [0.05, 0.1) is 5.69 Å². The smallest absolute Gasteiger partial charge is 0.274 e. The number of piperidine rings is 1. The Balaban J connectivity index is 1.36. The molecule has 2 heterocycles. The number of fused-ring (bicyclic) bond motifs is 1. The largest absolute Gasteiger partial charge is 0.508 e. The van der Waals surface area contributed by atoms with Crippen LogP contribution in [0.1, 0.15) is 53.0 Å². The van der Waals surface area contributed by atoms with E-state index in [1.54, 1.807) is 6.07 Å². The zero-order chi connectivity index (χ0) is 22.6. The number of aromatic nitrogens is 2. The number of nitrogens with zero attached hydrogens (tertiary/aromatic N) is 3. The van der Waals surface area contributed by atoms with Gasteiger partial charge in [-0.25, -0.2) is 4.68 Å². The molecule has 1 unspecified atom stereocenters. The summed E-state index contributed by atoms with van der Waals surface area (Å²) in [5, 5.41) is 18.3. The van der Waals surface area contributed by atoms with E-state index >= 15 is 0 Å². The number of likely N-dealkylation sites (tertiary alicyclic amines) is 1. The number of nitrogens with one attached hydrogen (secondary N) is 1. The van der Waals surface area contributed by atoms with Gasteiger partial charge in [-0.3, -0.25) is 4.79 Å². The standard InChI is InChI=1S/C27H32N4O2/c32-23-11-7-8-20(18-23)14-15-28-21-12-13-25-24(19-21)26(27(33)30-16-5-2-6-17-30)29-31(25)22-9-3-1-4-10-22/h1,3-4,7-11,18,21,28,32H,2,5-6,12-17,19H2. The normalized spacial score (nSPS) is 18.2. The van der Waals surface area contributed by atoms with E-state index in [-0.39, 0.29) is 5.91 Å². The molecule has 2 aromatic carbocycles. The molecular weight excluding hydrogens is 412 g/mol. The van der Waals surface area contributed by atoms with Gasteiger partial charge in [0.15, 0.2) is 5.69 Å². The monoisotopic (exact) mass is 444 g/mol. The number of rotatable bonds is 6. The van der Waals surface area contributed by atoms with Crippen molar-refractivity contribution in [3.63, 3.8) is 0 Å². The van der Waals surface area contributed by atoms with E-state index in [4.69, 9.17) is 5.10 Å². The van der Waals surface area contributed by atoms with Gasteiger partial charge >= 0.3 is 0 Å². The molecule has 0 bridgehead atoms. The molecular formula is C27H32N4O2. The highest BCUT2D eigenvalue weighted by Crippen LogP contribution is 2.29. The lowest BCUT2D eigenvalue weighted by molar-refractivity contribution is 0.0716. The highest BCUT2D eigenvalue weighted by molar-refractivity contribution is 5.94. The summed E-state index contributed by atoms with van der Waals surface area (Å²) >= 11 is 0. The van der Waals surface area contributed by atoms with Crippen LogP contribution >= 0.6 is 0 Å². The lowest BCUT2D eigenvalue weighted by Gasteiger charge is -2.27. The highest BCUT2D eigenvalue weighted by atomic mass is 16.3. The van der Waals surface area contributed by atoms with Crippen molar-refractivity contribution in [1.82, 2.24) is 20.0 Å². The third kappa shape index (κ3) is 4.81. The molecule has 6 nitrogen and oxygen atoms in total. The van der Waals surface area contributed by atoms with Crippen molar-refractivity contribution in [1.29, 1.82) is 0 Å². The average molecular weight is 445 g/mol. The van der Waals surface area contributed by atoms with Crippen LogP contribution in [0.2, 0.25) is 0 Å². The van der Waals surface area contributed by atoms with Crippen molar-refractivity contribution in [3.05, 3.63) is 77.1 Å². The molecule has 33 heavy (non-hydrogen) atoms. The van der Waals surface area contributed by atoms with E-state index < -0.39 is 0 Å². The lowest BCUT2D eigenvalue weighted by Crippen LogP contribution is -2.38.